The number of hydrogen-bond acceptors (Lipinski definition) is 6. The van der Waals surface area contributed by atoms with Crippen molar-refractivity contribution < 1.29 is 28.1 Å². The molecule has 0 saturated heterocycles. The van der Waals surface area contributed by atoms with E-state index in [0.717, 1.165) is 43.4 Å². The van der Waals surface area contributed by atoms with Gasteiger partial charge < -0.3 is 19.3 Å². The van der Waals surface area contributed by atoms with Crippen molar-refractivity contribution in [3.05, 3.63) is 138 Å². The van der Waals surface area contributed by atoms with Crippen molar-refractivity contribution in [2.75, 3.05) is 6.61 Å². The van der Waals surface area contributed by atoms with E-state index < -0.39 is 11.6 Å². The fourth-order valence-corrected chi connectivity index (χ4v) is 7.83. The summed E-state index contributed by atoms with van der Waals surface area (Å²) in [7, 11) is 0. The van der Waals surface area contributed by atoms with Crippen molar-refractivity contribution in [1.29, 1.82) is 0 Å². The molecule has 16 heteroatoms. The van der Waals surface area contributed by atoms with Crippen molar-refractivity contribution in [3.63, 3.8) is 0 Å². The number of rotatable bonds is 9. The molecule has 10 nitrogen and oxygen atoms in total. The van der Waals surface area contributed by atoms with Crippen LogP contribution in [0.15, 0.2) is 94.5 Å². The number of nitrogens with zero attached hydrogens (tertiary/aromatic N) is 4. The summed E-state index contributed by atoms with van der Waals surface area (Å²) in [5, 5.41) is 10.4. The van der Waals surface area contributed by atoms with E-state index in [1.165, 1.54) is 22.9 Å². The lowest BCUT2D eigenvalue weighted by Gasteiger charge is -2.17. The molecule has 2 aromatic heterocycles. The number of para-hydroxylation sites is 4. The first-order valence-electron chi connectivity index (χ1n) is 18.3. The zero-order valence-corrected chi connectivity index (χ0v) is 34.1. The first kappa shape index (κ1) is 41.0. The lowest BCUT2D eigenvalue weighted by Crippen LogP contribution is -2.27. The Bertz CT molecular complexity index is 2670. The van der Waals surface area contributed by atoms with Crippen LogP contribution in [0.25, 0.3) is 22.3 Å². The number of aromatic nitrogens is 4. The Morgan fingerprint density at radius 2 is 1.05 bits per heavy atom. The summed E-state index contributed by atoms with van der Waals surface area (Å²) in [5.41, 5.74) is 0.406. The minimum absolute atomic E-state index is 0.00854. The SMILES string of the molecule is C=C(C)COc1ccccc1Oc1cc(-c2c(Cl)n3n(c2=O)CCCC3)c(F)cc1Cl.O=c1c(-c2cc(Oc3ccccc3O)c(Cl)cc2F)c(Cl)n2n1CCCC2. The van der Waals surface area contributed by atoms with E-state index in [1.807, 2.05) is 13.0 Å². The van der Waals surface area contributed by atoms with E-state index in [2.05, 4.69) is 6.58 Å². The van der Waals surface area contributed by atoms with Crippen LogP contribution in [-0.2, 0) is 26.2 Å². The monoisotopic (exact) mass is 870 g/mol. The van der Waals surface area contributed by atoms with E-state index in [0.29, 0.717) is 44.3 Å². The minimum atomic E-state index is -0.674. The van der Waals surface area contributed by atoms with E-state index in [4.69, 9.17) is 60.6 Å². The van der Waals surface area contributed by atoms with Gasteiger partial charge >= 0.3 is 0 Å². The Labute approximate surface area is 351 Å². The molecule has 0 atom stereocenters. The van der Waals surface area contributed by atoms with Gasteiger partial charge in [-0.15, -0.1) is 0 Å². The first-order chi connectivity index (χ1) is 27.8. The number of benzene rings is 4. The van der Waals surface area contributed by atoms with Gasteiger partial charge in [-0.1, -0.05) is 77.2 Å². The van der Waals surface area contributed by atoms with Crippen molar-refractivity contribution >= 4 is 46.4 Å². The van der Waals surface area contributed by atoms with Crippen LogP contribution in [0, 0.1) is 11.6 Å². The number of halogens is 6. The molecule has 8 rings (SSSR count). The van der Waals surface area contributed by atoms with Gasteiger partial charge in [0.15, 0.2) is 23.0 Å². The largest absolute Gasteiger partial charge is 0.504 e. The third kappa shape index (κ3) is 8.24. The predicted molar refractivity (Wildman–Crippen MR) is 222 cm³/mol. The summed E-state index contributed by atoms with van der Waals surface area (Å²) in [6.07, 6.45) is 3.55. The van der Waals surface area contributed by atoms with Crippen molar-refractivity contribution in [1.82, 2.24) is 18.7 Å². The number of hydrogen-bond donors (Lipinski definition) is 1. The zero-order chi connectivity index (χ0) is 41.2. The molecule has 0 aliphatic carbocycles. The molecule has 4 aromatic carbocycles. The van der Waals surface area contributed by atoms with Crippen LogP contribution < -0.4 is 25.3 Å². The van der Waals surface area contributed by atoms with Crippen molar-refractivity contribution in [2.24, 2.45) is 0 Å². The molecular weight excluding hydrogens is 836 g/mol. The first-order valence-corrected chi connectivity index (χ1v) is 19.8. The van der Waals surface area contributed by atoms with Crippen LogP contribution >= 0.6 is 46.4 Å². The molecule has 4 heterocycles. The Morgan fingerprint density at radius 1 is 0.638 bits per heavy atom. The van der Waals surface area contributed by atoms with E-state index >= 15 is 0 Å². The zero-order valence-electron chi connectivity index (χ0n) is 31.0. The standard InChI is InChI=1S/C23H21Cl2FN2O3.C19H15Cl2FN2O3/c1-14(2)13-30-18-7-3-4-8-19(18)31-20-11-15(17(26)12-16(20)24)21-22(25)27-9-5-6-10-28(27)23(21)29;20-12-10-13(22)11(9-16(12)27-15-6-2-1-5-14(15)25)17-18(21)23-7-3-4-8-24(23)19(17)26/h3-4,7-8,11-12H,1,5-6,9-10,13H2,2H3;1-2,5-6,9-10,25H,3-4,7-8H2. The highest BCUT2D eigenvalue weighted by Crippen LogP contribution is 2.41. The van der Waals surface area contributed by atoms with Crippen LogP contribution in [0.5, 0.6) is 34.5 Å². The second-order valence-electron chi connectivity index (χ2n) is 13.7. The van der Waals surface area contributed by atoms with Crippen LogP contribution in [0.3, 0.4) is 0 Å². The molecule has 0 bridgehead atoms. The summed E-state index contributed by atoms with van der Waals surface area (Å²) in [5.74, 6) is -0.0490. The lowest BCUT2D eigenvalue weighted by atomic mass is 10.1. The van der Waals surface area contributed by atoms with Gasteiger partial charge in [-0.3, -0.25) is 19.0 Å². The highest BCUT2D eigenvalue weighted by molar-refractivity contribution is 6.34. The summed E-state index contributed by atoms with van der Waals surface area (Å²) in [4.78, 5) is 25.7. The molecule has 0 saturated carbocycles. The molecule has 2 aliphatic rings. The van der Waals surface area contributed by atoms with Gasteiger partial charge in [0.25, 0.3) is 11.1 Å². The molecular formula is C42H36Cl4F2N4O6. The molecule has 0 amide bonds. The number of fused-ring (bicyclic) bond motifs is 2. The molecule has 2 aliphatic heterocycles. The van der Waals surface area contributed by atoms with Gasteiger partial charge in [0.05, 0.1) is 21.2 Å². The fourth-order valence-electron chi connectivity index (χ4n) is 6.74. The second kappa shape index (κ2) is 17.4. The molecule has 0 spiro atoms. The van der Waals surface area contributed by atoms with Crippen LogP contribution in [0.1, 0.15) is 32.6 Å². The van der Waals surface area contributed by atoms with Crippen LogP contribution in [-0.4, -0.2) is 30.4 Å². The number of phenolic OH excluding ortho intramolecular Hbond substituents is 1. The van der Waals surface area contributed by atoms with Gasteiger partial charge in [-0.25, -0.2) is 18.1 Å². The molecule has 0 unspecified atom stereocenters. The maximum atomic E-state index is 14.9. The van der Waals surface area contributed by atoms with Crippen LogP contribution in [0.2, 0.25) is 20.4 Å². The number of ether oxygens (including phenoxy) is 3. The van der Waals surface area contributed by atoms with Gasteiger partial charge in [-0.05, 0) is 86.7 Å². The smallest absolute Gasteiger partial charge is 0.276 e. The van der Waals surface area contributed by atoms with Crippen LogP contribution in [0.4, 0.5) is 8.78 Å². The Kier molecular flexibility index (Phi) is 12.3. The molecule has 302 valence electrons. The molecule has 0 fully saturated rings. The Morgan fingerprint density at radius 3 is 1.50 bits per heavy atom. The van der Waals surface area contributed by atoms with Crippen molar-refractivity contribution in [3.8, 4) is 56.8 Å². The van der Waals surface area contributed by atoms with E-state index in [-0.39, 0.29) is 76.7 Å². The van der Waals surface area contributed by atoms with Gasteiger partial charge in [0.2, 0.25) is 0 Å². The van der Waals surface area contributed by atoms with Gasteiger partial charge in [-0.2, -0.15) is 0 Å². The summed E-state index contributed by atoms with van der Waals surface area (Å²) < 4.78 is 53.3. The summed E-state index contributed by atoms with van der Waals surface area (Å²) >= 11 is 25.2. The number of phenols is 1. The quantitative estimate of drug-likeness (QED) is 0.145. The fraction of sp³-hybridized carbons (Fsp3) is 0.238. The molecule has 0 radical (unpaired) electrons. The Balaban J connectivity index is 0.000000178. The Hall–Kier alpha value is -5.14. The highest BCUT2D eigenvalue weighted by Gasteiger charge is 2.27. The van der Waals surface area contributed by atoms with E-state index in [9.17, 15) is 23.5 Å². The molecule has 6 aromatic rings. The average Bonchev–Trinajstić information content (AvgIpc) is 3.61. The maximum Gasteiger partial charge on any atom is 0.276 e. The van der Waals surface area contributed by atoms with Gasteiger partial charge in [0, 0.05) is 37.3 Å². The predicted octanol–water partition coefficient (Wildman–Crippen LogP) is 11.4. The number of aromatic hydroxyl groups is 1. The summed E-state index contributed by atoms with van der Waals surface area (Å²) in [6.45, 7) is 8.30. The topological polar surface area (TPSA) is 102 Å². The third-order valence-corrected chi connectivity index (χ3v) is 10.9. The molecule has 58 heavy (non-hydrogen) atoms. The molecule has 1 N–H and O–H groups in total. The van der Waals surface area contributed by atoms with Crippen molar-refractivity contribution in [2.45, 2.75) is 58.8 Å². The second-order valence-corrected chi connectivity index (χ2v) is 15.3. The minimum Gasteiger partial charge on any atom is -0.504 e. The highest BCUT2D eigenvalue weighted by atomic mass is 35.5. The third-order valence-electron chi connectivity index (χ3n) is 9.54. The normalized spacial score (nSPS) is 13.2. The van der Waals surface area contributed by atoms with Gasteiger partial charge in [0.1, 0.15) is 40.0 Å². The summed E-state index contributed by atoms with van der Waals surface area (Å²) in [6, 6.07) is 18.3. The average molecular weight is 873 g/mol. The lowest BCUT2D eigenvalue weighted by molar-refractivity contribution is 0.332. The van der Waals surface area contributed by atoms with E-state index in [1.54, 1.807) is 50.4 Å². The maximum absolute atomic E-state index is 14.9.